The highest BCUT2D eigenvalue weighted by atomic mass is 32.1. The Hall–Kier alpha value is -5.65. The van der Waals surface area contributed by atoms with Crippen LogP contribution < -0.4 is 0 Å². The van der Waals surface area contributed by atoms with E-state index in [1.165, 1.54) is 0 Å². The second-order valence-electron chi connectivity index (χ2n) is 9.07. The molecule has 0 aliphatic heterocycles. The molecule has 0 aliphatic rings. The Kier molecular flexibility index (Phi) is 2.45. The lowest BCUT2D eigenvalue weighted by Gasteiger charge is -2.14. The predicted molar refractivity (Wildman–Crippen MR) is 183 cm³/mol. The highest BCUT2D eigenvalue weighted by Gasteiger charge is 2.20. The van der Waals surface area contributed by atoms with Crippen LogP contribution in [0.25, 0.3) is 81.8 Å². The molecule has 0 bridgehead atoms. The van der Waals surface area contributed by atoms with Crippen LogP contribution in [0.3, 0.4) is 0 Å². The second kappa shape index (κ2) is 9.97. The third-order valence-electron chi connectivity index (χ3n) is 6.67. The standard InChI is InChI=1S/C39H24N4S/c1-2-13-25(14-3-1)37-40-38(42-39(41-37)31-20-12-19-29-28-17-7-11-24-35(28)44-36(29)31)30-18-6-10-23-34(30)43-32-21-8-4-15-26(32)27-16-5-9-22-33(27)43/h1-24H/i1D,2D,3D,4D,5D,6D,7D,8D,9D,10D,11D,12D,13D,14D,15D,16D,17D,18D,19D,20D,21D,22D,23D,24D. The minimum atomic E-state index is -0.980. The number of fused-ring (bicyclic) bond motifs is 6. The average molecular weight is 605 g/mol. The number of benzene rings is 6. The smallest absolute Gasteiger partial charge is 0.166 e. The van der Waals surface area contributed by atoms with Crippen molar-refractivity contribution in [3.05, 3.63) is 145 Å². The van der Waals surface area contributed by atoms with Crippen molar-refractivity contribution in [3.8, 4) is 39.9 Å². The molecule has 3 heterocycles. The van der Waals surface area contributed by atoms with Gasteiger partial charge in [-0.05, 0) is 36.3 Å². The molecule has 6 aromatic carbocycles. The van der Waals surface area contributed by atoms with Crippen LogP contribution in [0, 0.1) is 0 Å². The first-order chi connectivity index (χ1) is 31.8. The van der Waals surface area contributed by atoms with Crippen LogP contribution in [0.1, 0.15) is 32.9 Å². The van der Waals surface area contributed by atoms with Crippen LogP contribution >= 0.6 is 11.3 Å². The monoisotopic (exact) mass is 604 g/mol. The zero-order valence-corrected chi connectivity index (χ0v) is 22.5. The summed E-state index contributed by atoms with van der Waals surface area (Å²) in [4.78, 5) is 13.4. The molecule has 0 spiro atoms. The summed E-state index contributed by atoms with van der Waals surface area (Å²) in [5.41, 5.74) is -3.85. The zero-order valence-electron chi connectivity index (χ0n) is 45.7. The predicted octanol–water partition coefficient (Wildman–Crippen LogP) is 10.3. The molecule has 0 fully saturated rings. The van der Waals surface area contributed by atoms with E-state index in [-0.39, 0.29) is 20.2 Å². The van der Waals surface area contributed by atoms with Crippen LogP contribution in [-0.4, -0.2) is 19.5 Å². The van der Waals surface area contributed by atoms with E-state index in [9.17, 15) is 4.11 Å². The third-order valence-corrected chi connectivity index (χ3v) is 7.79. The maximum Gasteiger partial charge on any atom is 0.166 e. The lowest BCUT2D eigenvalue weighted by atomic mass is 10.1. The molecule has 5 heteroatoms. The zero-order chi connectivity index (χ0) is 49.9. The van der Waals surface area contributed by atoms with Crippen LogP contribution in [0.2, 0.25) is 0 Å². The molecule has 0 atom stereocenters. The molecule has 44 heavy (non-hydrogen) atoms. The maximum absolute atomic E-state index is 9.37. The Morgan fingerprint density at radius 1 is 0.455 bits per heavy atom. The molecular weight excluding hydrogens is 557 g/mol. The number of hydrogen-bond donors (Lipinski definition) is 0. The molecule has 0 aliphatic carbocycles. The van der Waals surface area contributed by atoms with Crippen LogP contribution in [0.4, 0.5) is 0 Å². The van der Waals surface area contributed by atoms with Crippen molar-refractivity contribution in [1.82, 2.24) is 19.5 Å². The van der Waals surface area contributed by atoms with Gasteiger partial charge < -0.3 is 4.57 Å². The number of rotatable bonds is 4. The van der Waals surface area contributed by atoms with Crippen LogP contribution in [0.15, 0.2) is 145 Å². The maximum atomic E-state index is 9.37. The summed E-state index contributed by atoms with van der Waals surface area (Å²) in [6.45, 7) is 0. The van der Waals surface area contributed by atoms with Gasteiger partial charge in [-0.15, -0.1) is 11.3 Å². The lowest BCUT2D eigenvalue weighted by Crippen LogP contribution is -2.03. The van der Waals surface area contributed by atoms with E-state index in [1.54, 1.807) is 0 Å². The van der Waals surface area contributed by atoms with Gasteiger partial charge in [0, 0.05) is 47.6 Å². The molecule has 0 saturated carbocycles. The van der Waals surface area contributed by atoms with E-state index in [2.05, 4.69) is 15.0 Å². The van der Waals surface area contributed by atoms with Crippen LogP contribution in [-0.2, 0) is 0 Å². The normalized spacial score (nSPS) is 19.3. The van der Waals surface area contributed by atoms with E-state index >= 15 is 0 Å². The molecule has 0 radical (unpaired) electrons. The first-order valence-electron chi connectivity index (χ1n) is 24.7. The van der Waals surface area contributed by atoms with Crippen molar-refractivity contribution >= 4 is 53.3 Å². The fraction of sp³-hybridized carbons (Fsp3) is 0. The highest BCUT2D eigenvalue weighted by molar-refractivity contribution is 7.26. The third kappa shape index (κ3) is 3.87. The molecular formula is C39H24N4S. The number of thiophene rings is 1. The van der Waals surface area contributed by atoms with Crippen molar-refractivity contribution < 1.29 is 32.9 Å². The van der Waals surface area contributed by atoms with Gasteiger partial charge in [0.25, 0.3) is 0 Å². The summed E-state index contributed by atoms with van der Waals surface area (Å²) in [6, 6.07) is -19.5. The molecule has 206 valence electrons. The van der Waals surface area contributed by atoms with Crippen molar-refractivity contribution in [3.63, 3.8) is 0 Å². The Balaban J connectivity index is 1.55. The summed E-state index contributed by atoms with van der Waals surface area (Å²) in [5, 5.41) is -1.37. The topological polar surface area (TPSA) is 43.6 Å². The summed E-state index contributed by atoms with van der Waals surface area (Å²) >= 11 is 0.662. The molecule has 0 saturated heterocycles. The number of hydrogen-bond acceptors (Lipinski definition) is 4. The van der Waals surface area contributed by atoms with Crippen LogP contribution in [0.5, 0.6) is 0 Å². The molecule has 9 rings (SSSR count). The lowest BCUT2D eigenvalue weighted by molar-refractivity contribution is 1.07. The molecule has 9 aromatic rings. The van der Waals surface area contributed by atoms with Gasteiger partial charge in [-0.3, -0.25) is 0 Å². The Labute approximate surface area is 291 Å². The van der Waals surface area contributed by atoms with Gasteiger partial charge in [-0.2, -0.15) is 0 Å². The van der Waals surface area contributed by atoms with E-state index in [0.29, 0.717) is 11.3 Å². The molecule has 3 aromatic heterocycles. The van der Waals surface area contributed by atoms with Gasteiger partial charge in [0.2, 0.25) is 0 Å². The van der Waals surface area contributed by atoms with Gasteiger partial charge in [0.15, 0.2) is 17.5 Å². The fourth-order valence-corrected chi connectivity index (χ4v) is 5.90. The van der Waals surface area contributed by atoms with E-state index in [0.717, 1.165) is 4.57 Å². The van der Waals surface area contributed by atoms with Crippen molar-refractivity contribution in [1.29, 1.82) is 0 Å². The van der Waals surface area contributed by atoms with Crippen molar-refractivity contribution in [2.75, 3.05) is 0 Å². The summed E-state index contributed by atoms with van der Waals surface area (Å²) in [7, 11) is 0. The molecule has 4 nitrogen and oxygen atoms in total. The first kappa shape index (κ1) is 10.8. The van der Waals surface area contributed by atoms with Gasteiger partial charge in [0.1, 0.15) is 0 Å². The van der Waals surface area contributed by atoms with E-state index in [4.69, 9.17) is 28.8 Å². The van der Waals surface area contributed by atoms with Crippen molar-refractivity contribution in [2.45, 2.75) is 0 Å². The Morgan fingerprint density at radius 2 is 1.00 bits per heavy atom. The van der Waals surface area contributed by atoms with E-state index < -0.39 is 207 Å². The number of para-hydroxylation sites is 3. The quantitative estimate of drug-likeness (QED) is 0.201. The van der Waals surface area contributed by atoms with Gasteiger partial charge in [-0.1, -0.05) is 109 Å². The molecule has 0 amide bonds. The molecule has 0 N–H and O–H groups in total. The molecule has 0 unspecified atom stereocenters. The Bertz CT molecular complexity index is 3760. The largest absolute Gasteiger partial charge is 0.309 e. The minimum absolute atomic E-state index is 0.106. The van der Waals surface area contributed by atoms with E-state index in [1.807, 2.05) is 0 Å². The van der Waals surface area contributed by atoms with Gasteiger partial charge in [0.05, 0.1) is 49.6 Å². The number of nitrogens with zero attached hydrogens (tertiary/aromatic N) is 4. The van der Waals surface area contributed by atoms with Crippen molar-refractivity contribution in [2.24, 2.45) is 0 Å². The van der Waals surface area contributed by atoms with Gasteiger partial charge in [-0.25, -0.2) is 15.0 Å². The second-order valence-corrected chi connectivity index (χ2v) is 10.1. The summed E-state index contributed by atoms with van der Waals surface area (Å²) in [5.74, 6) is -2.33. The minimum Gasteiger partial charge on any atom is -0.309 e. The first-order valence-corrected chi connectivity index (χ1v) is 13.5. The summed E-state index contributed by atoms with van der Waals surface area (Å²) in [6.07, 6.45) is 0. The van der Waals surface area contributed by atoms with Gasteiger partial charge >= 0.3 is 0 Å². The highest BCUT2D eigenvalue weighted by Crippen LogP contribution is 2.40. The number of aromatic nitrogens is 4. The fourth-order valence-electron chi connectivity index (χ4n) is 4.84. The average Bonchev–Trinajstić information content (AvgIpc) is 3.89. The SMILES string of the molecule is [2H]c1c([2H])c([2H])c(-c2nc(-c3c([2H])c([2H])c([2H])c([2H])c3-n3c4c([2H])c([2H])c([2H])c([2H])c4c4c([2H])c([2H])c([2H])c([2H])c43)nc(-c3c([2H])c([2H])c([2H])c4c3sc3c([2H])c([2H])c([2H])c([2H])c34)n2)c([2H])c1[2H]. The summed E-state index contributed by atoms with van der Waals surface area (Å²) < 4.78 is 211. The Morgan fingerprint density at radius 3 is 1.77 bits per heavy atom.